The highest BCUT2D eigenvalue weighted by Gasteiger charge is 2.10. The molecule has 1 aromatic heterocycles. The zero-order valence-corrected chi connectivity index (χ0v) is 17.0. The lowest BCUT2D eigenvalue weighted by Gasteiger charge is -2.04. The van der Waals surface area contributed by atoms with Crippen molar-refractivity contribution in [1.29, 1.82) is 0 Å². The summed E-state index contributed by atoms with van der Waals surface area (Å²) in [5, 5.41) is 0. The molecule has 0 N–H and O–H groups in total. The van der Waals surface area contributed by atoms with Crippen LogP contribution in [0, 0.1) is 5.82 Å². The maximum atomic E-state index is 13.6. The average molecular weight is 407 g/mol. The Morgan fingerprint density at radius 2 is 2.12 bits per heavy atom. The molecule has 0 unspecified atom stereocenters. The Hall–Kier alpha value is -1.57. The van der Waals surface area contributed by atoms with Gasteiger partial charge in [0.15, 0.2) is 4.80 Å². The van der Waals surface area contributed by atoms with E-state index in [2.05, 4.69) is 11.9 Å². The van der Waals surface area contributed by atoms with Crippen LogP contribution in [0.25, 0.3) is 10.2 Å². The molecular formula is C19H19FN2OS3. The minimum absolute atomic E-state index is 0.270. The lowest BCUT2D eigenvalue weighted by Crippen LogP contribution is -2.18. The number of halogens is 1. The molecule has 3 aromatic rings. The van der Waals surface area contributed by atoms with E-state index < -0.39 is 0 Å². The van der Waals surface area contributed by atoms with E-state index in [1.807, 2.05) is 29.0 Å². The normalized spacial score (nSPS) is 12.0. The van der Waals surface area contributed by atoms with Crippen molar-refractivity contribution in [1.82, 2.24) is 4.57 Å². The van der Waals surface area contributed by atoms with Crippen molar-refractivity contribution in [2.24, 2.45) is 4.99 Å². The van der Waals surface area contributed by atoms with Gasteiger partial charge in [-0.15, -0.1) is 11.8 Å². The Kier molecular flexibility index (Phi) is 6.56. The second-order valence-electron chi connectivity index (χ2n) is 5.52. The van der Waals surface area contributed by atoms with Gasteiger partial charge in [-0.2, -0.15) is 16.8 Å². The number of hydrogen-bond acceptors (Lipinski definition) is 4. The molecule has 1 heterocycles. The molecule has 136 valence electrons. The summed E-state index contributed by atoms with van der Waals surface area (Å²) in [5.41, 5.74) is 1.48. The van der Waals surface area contributed by atoms with Crippen LogP contribution in [0.3, 0.4) is 0 Å². The van der Waals surface area contributed by atoms with Crippen LogP contribution in [0.1, 0.15) is 17.3 Å². The van der Waals surface area contributed by atoms with Gasteiger partial charge in [0.1, 0.15) is 5.82 Å². The standard InChI is InChI=1S/C19H19FN2OS3/c1-3-25-15-6-4-5-13(11-15)18(23)21-19-22(9-10-24-2)16-8-7-14(20)12-17(16)26-19/h4-8,11-12H,3,9-10H2,1-2H3. The molecule has 0 radical (unpaired) electrons. The molecule has 0 atom stereocenters. The van der Waals surface area contributed by atoms with Gasteiger partial charge in [0.25, 0.3) is 5.91 Å². The molecule has 0 fully saturated rings. The van der Waals surface area contributed by atoms with Crippen molar-refractivity contribution in [3.8, 4) is 0 Å². The summed E-state index contributed by atoms with van der Waals surface area (Å²) in [7, 11) is 0. The third-order valence-corrected chi connectivity index (χ3v) is 6.26. The van der Waals surface area contributed by atoms with Gasteiger partial charge in [0, 0.05) is 22.8 Å². The molecule has 0 saturated carbocycles. The molecule has 3 rings (SSSR count). The fourth-order valence-corrected chi connectivity index (χ4v) is 4.73. The first kappa shape index (κ1) is 19.2. The summed E-state index contributed by atoms with van der Waals surface area (Å²) >= 11 is 4.76. The van der Waals surface area contributed by atoms with Gasteiger partial charge < -0.3 is 4.57 Å². The van der Waals surface area contributed by atoms with E-state index in [1.165, 1.54) is 23.5 Å². The highest BCUT2D eigenvalue weighted by Crippen LogP contribution is 2.21. The molecule has 2 aromatic carbocycles. The number of carbonyl (C=O) groups is 1. The number of amides is 1. The van der Waals surface area contributed by atoms with Crippen LogP contribution in [0.4, 0.5) is 4.39 Å². The number of benzene rings is 2. The lowest BCUT2D eigenvalue weighted by molar-refractivity contribution is 0.0997. The van der Waals surface area contributed by atoms with Crippen molar-refractivity contribution in [3.63, 3.8) is 0 Å². The van der Waals surface area contributed by atoms with Gasteiger partial charge >= 0.3 is 0 Å². The van der Waals surface area contributed by atoms with Gasteiger partial charge in [0.05, 0.1) is 10.2 Å². The number of hydrogen-bond donors (Lipinski definition) is 0. The molecule has 3 nitrogen and oxygen atoms in total. The first-order valence-electron chi connectivity index (χ1n) is 8.22. The predicted octanol–water partition coefficient (Wildman–Crippen LogP) is 5.06. The van der Waals surface area contributed by atoms with Crippen LogP contribution in [-0.2, 0) is 6.54 Å². The first-order chi connectivity index (χ1) is 12.6. The SMILES string of the molecule is CCSc1cccc(C(=O)N=c2sc3cc(F)ccc3n2CCSC)c1. The van der Waals surface area contributed by atoms with Crippen molar-refractivity contribution in [2.75, 3.05) is 17.8 Å². The molecule has 0 aliphatic rings. The van der Waals surface area contributed by atoms with E-state index in [4.69, 9.17) is 0 Å². The number of rotatable bonds is 6. The van der Waals surface area contributed by atoms with Crippen molar-refractivity contribution in [3.05, 3.63) is 58.6 Å². The molecule has 0 aliphatic carbocycles. The third-order valence-electron chi connectivity index (χ3n) is 3.75. The van der Waals surface area contributed by atoms with Gasteiger partial charge in [-0.1, -0.05) is 24.3 Å². The van der Waals surface area contributed by atoms with Crippen molar-refractivity contribution < 1.29 is 9.18 Å². The quantitative estimate of drug-likeness (QED) is 0.537. The zero-order chi connectivity index (χ0) is 18.5. The van der Waals surface area contributed by atoms with E-state index in [0.717, 1.165) is 33.2 Å². The molecule has 7 heteroatoms. The van der Waals surface area contributed by atoms with E-state index in [-0.39, 0.29) is 11.7 Å². The Morgan fingerprint density at radius 3 is 2.88 bits per heavy atom. The number of aryl methyl sites for hydroxylation is 1. The van der Waals surface area contributed by atoms with Crippen molar-refractivity contribution >= 4 is 51.0 Å². The maximum Gasteiger partial charge on any atom is 0.279 e. The number of aromatic nitrogens is 1. The number of nitrogens with zero attached hydrogens (tertiary/aromatic N) is 2. The van der Waals surface area contributed by atoms with Gasteiger partial charge in [0.2, 0.25) is 0 Å². The Labute approximate surface area is 164 Å². The number of carbonyl (C=O) groups excluding carboxylic acids is 1. The Bertz CT molecular complexity index is 994. The summed E-state index contributed by atoms with van der Waals surface area (Å²) in [6, 6.07) is 12.2. The Balaban J connectivity index is 2.05. The van der Waals surface area contributed by atoms with Crippen LogP contribution < -0.4 is 4.80 Å². The molecule has 1 amide bonds. The fourth-order valence-electron chi connectivity index (χ4n) is 2.57. The summed E-state index contributed by atoms with van der Waals surface area (Å²) in [4.78, 5) is 18.7. The van der Waals surface area contributed by atoms with Gasteiger partial charge in [-0.3, -0.25) is 4.79 Å². The minimum Gasteiger partial charge on any atom is -0.316 e. The molecule has 0 saturated heterocycles. The molecule has 26 heavy (non-hydrogen) atoms. The summed E-state index contributed by atoms with van der Waals surface area (Å²) in [6.45, 7) is 2.80. The smallest absolute Gasteiger partial charge is 0.279 e. The van der Waals surface area contributed by atoms with E-state index in [1.54, 1.807) is 35.7 Å². The van der Waals surface area contributed by atoms with Crippen LogP contribution in [-0.4, -0.2) is 28.2 Å². The highest BCUT2D eigenvalue weighted by atomic mass is 32.2. The van der Waals surface area contributed by atoms with Crippen LogP contribution >= 0.6 is 34.9 Å². The molecule has 0 bridgehead atoms. The number of thioether (sulfide) groups is 2. The number of thiazole rings is 1. The molecule has 0 spiro atoms. The van der Waals surface area contributed by atoms with Crippen molar-refractivity contribution in [2.45, 2.75) is 18.4 Å². The van der Waals surface area contributed by atoms with Gasteiger partial charge in [-0.05, 0) is 48.4 Å². The van der Waals surface area contributed by atoms with Crippen LogP contribution in [0.15, 0.2) is 52.4 Å². The first-order valence-corrected chi connectivity index (χ1v) is 11.4. The van der Waals surface area contributed by atoms with E-state index >= 15 is 0 Å². The van der Waals surface area contributed by atoms with Gasteiger partial charge in [-0.25, -0.2) is 4.39 Å². The largest absolute Gasteiger partial charge is 0.316 e. The zero-order valence-electron chi connectivity index (χ0n) is 14.6. The second-order valence-corrected chi connectivity index (χ2v) is 8.85. The number of fused-ring (bicyclic) bond motifs is 1. The summed E-state index contributed by atoms with van der Waals surface area (Å²) < 4.78 is 16.4. The average Bonchev–Trinajstić information content (AvgIpc) is 2.96. The fraction of sp³-hybridized carbons (Fsp3) is 0.263. The van der Waals surface area contributed by atoms with Crippen LogP contribution in [0.5, 0.6) is 0 Å². The third kappa shape index (κ3) is 4.39. The Morgan fingerprint density at radius 1 is 1.27 bits per heavy atom. The minimum atomic E-state index is -0.280. The van der Waals surface area contributed by atoms with Crippen LogP contribution in [0.2, 0.25) is 0 Å². The monoisotopic (exact) mass is 406 g/mol. The molecule has 0 aliphatic heterocycles. The second kappa shape index (κ2) is 8.88. The molecular weight excluding hydrogens is 387 g/mol. The predicted molar refractivity (Wildman–Crippen MR) is 111 cm³/mol. The summed E-state index contributed by atoms with van der Waals surface area (Å²) in [5.74, 6) is 1.30. The van der Waals surface area contributed by atoms with E-state index in [0.29, 0.717) is 10.4 Å². The summed E-state index contributed by atoms with van der Waals surface area (Å²) in [6.07, 6.45) is 2.04. The topological polar surface area (TPSA) is 34.4 Å². The highest BCUT2D eigenvalue weighted by molar-refractivity contribution is 7.99. The lowest BCUT2D eigenvalue weighted by atomic mass is 10.2. The maximum absolute atomic E-state index is 13.6. The van der Waals surface area contributed by atoms with E-state index in [9.17, 15) is 9.18 Å².